The largest absolute Gasteiger partial charge is 0.491 e. The van der Waals surface area contributed by atoms with E-state index in [4.69, 9.17) is 4.74 Å². The van der Waals surface area contributed by atoms with E-state index >= 15 is 0 Å². The molecule has 0 saturated heterocycles. The van der Waals surface area contributed by atoms with Crippen molar-refractivity contribution >= 4 is 23.4 Å². The van der Waals surface area contributed by atoms with Crippen LogP contribution in [0.15, 0.2) is 54.1 Å². The SMILES string of the molecule is CC(C)Oc1cccc(NC(=O)/C(C#N)=C\c2cccc([N+](=O)[O-])c2)c1. The number of hydrogen-bond donors (Lipinski definition) is 1. The molecule has 0 unspecified atom stereocenters. The van der Waals surface area contributed by atoms with Crippen LogP contribution in [0, 0.1) is 21.4 Å². The molecule has 1 amide bonds. The first-order valence-corrected chi connectivity index (χ1v) is 7.83. The van der Waals surface area contributed by atoms with Crippen LogP contribution in [0.2, 0.25) is 0 Å². The van der Waals surface area contributed by atoms with Crippen molar-refractivity contribution in [1.29, 1.82) is 5.26 Å². The topological polar surface area (TPSA) is 105 Å². The molecule has 0 aliphatic heterocycles. The van der Waals surface area contributed by atoms with Gasteiger partial charge in [-0.25, -0.2) is 0 Å². The van der Waals surface area contributed by atoms with Crippen molar-refractivity contribution in [2.45, 2.75) is 20.0 Å². The highest BCUT2D eigenvalue weighted by Crippen LogP contribution is 2.20. The molecule has 0 heterocycles. The molecule has 0 atom stereocenters. The zero-order chi connectivity index (χ0) is 19.1. The van der Waals surface area contributed by atoms with Gasteiger partial charge in [0.1, 0.15) is 17.4 Å². The Morgan fingerprint density at radius 3 is 2.65 bits per heavy atom. The summed E-state index contributed by atoms with van der Waals surface area (Å²) in [6.45, 7) is 3.78. The van der Waals surface area contributed by atoms with Gasteiger partial charge in [-0.15, -0.1) is 0 Å². The molecule has 0 radical (unpaired) electrons. The maximum Gasteiger partial charge on any atom is 0.270 e. The summed E-state index contributed by atoms with van der Waals surface area (Å²) in [4.78, 5) is 22.6. The molecule has 0 fully saturated rings. The van der Waals surface area contributed by atoms with Crippen LogP contribution in [0.3, 0.4) is 0 Å². The number of carbonyl (C=O) groups is 1. The Balaban J connectivity index is 2.20. The Morgan fingerprint density at radius 1 is 1.27 bits per heavy atom. The molecule has 132 valence electrons. The quantitative estimate of drug-likeness (QED) is 0.367. The molecule has 0 aromatic heterocycles. The van der Waals surface area contributed by atoms with Crippen molar-refractivity contribution in [3.05, 3.63) is 69.8 Å². The van der Waals surface area contributed by atoms with Gasteiger partial charge in [0.05, 0.1) is 11.0 Å². The second-order valence-corrected chi connectivity index (χ2v) is 5.67. The van der Waals surface area contributed by atoms with Gasteiger partial charge in [0, 0.05) is 23.9 Å². The fourth-order valence-electron chi connectivity index (χ4n) is 2.16. The van der Waals surface area contributed by atoms with Gasteiger partial charge in [0.2, 0.25) is 0 Å². The fourth-order valence-corrected chi connectivity index (χ4v) is 2.16. The molecule has 2 rings (SSSR count). The number of rotatable bonds is 6. The van der Waals surface area contributed by atoms with Crippen molar-refractivity contribution in [2.75, 3.05) is 5.32 Å². The highest BCUT2D eigenvalue weighted by atomic mass is 16.6. The Hall–Kier alpha value is -3.66. The first kappa shape index (κ1) is 18.7. The Morgan fingerprint density at radius 2 is 2.00 bits per heavy atom. The van der Waals surface area contributed by atoms with Gasteiger partial charge in [0.25, 0.3) is 11.6 Å². The van der Waals surface area contributed by atoms with Gasteiger partial charge in [-0.05, 0) is 37.6 Å². The summed E-state index contributed by atoms with van der Waals surface area (Å²) in [6, 6.07) is 14.3. The molecule has 0 bridgehead atoms. The molecular weight excluding hydrogens is 334 g/mol. The molecule has 0 saturated carbocycles. The van der Waals surface area contributed by atoms with Gasteiger partial charge in [0.15, 0.2) is 0 Å². The summed E-state index contributed by atoms with van der Waals surface area (Å²) < 4.78 is 5.56. The van der Waals surface area contributed by atoms with Gasteiger partial charge in [-0.3, -0.25) is 14.9 Å². The van der Waals surface area contributed by atoms with Crippen LogP contribution in [0.5, 0.6) is 5.75 Å². The minimum Gasteiger partial charge on any atom is -0.491 e. The smallest absolute Gasteiger partial charge is 0.270 e. The van der Waals surface area contributed by atoms with Gasteiger partial charge in [-0.1, -0.05) is 18.2 Å². The number of amides is 1. The first-order chi connectivity index (χ1) is 12.4. The zero-order valence-corrected chi connectivity index (χ0v) is 14.3. The molecule has 2 aromatic rings. The summed E-state index contributed by atoms with van der Waals surface area (Å²) in [5, 5.41) is 22.7. The average Bonchev–Trinajstić information content (AvgIpc) is 2.59. The third kappa shape index (κ3) is 5.18. The number of nitro benzene ring substituents is 1. The highest BCUT2D eigenvalue weighted by Gasteiger charge is 2.12. The summed E-state index contributed by atoms with van der Waals surface area (Å²) >= 11 is 0. The molecule has 0 spiro atoms. The van der Waals surface area contributed by atoms with Crippen LogP contribution in [0.4, 0.5) is 11.4 Å². The Kier molecular flexibility index (Phi) is 6.06. The number of anilines is 1. The number of ether oxygens (including phenoxy) is 1. The lowest BCUT2D eigenvalue weighted by molar-refractivity contribution is -0.384. The standard InChI is InChI=1S/C19H17N3O4/c1-13(2)26-18-8-4-6-16(11-18)21-19(23)15(12-20)9-14-5-3-7-17(10-14)22(24)25/h3-11,13H,1-2H3,(H,21,23)/b15-9-. The summed E-state index contributed by atoms with van der Waals surface area (Å²) in [7, 11) is 0. The van der Waals surface area contributed by atoms with E-state index in [1.165, 1.54) is 24.3 Å². The predicted molar refractivity (Wildman–Crippen MR) is 97.5 cm³/mol. The van der Waals surface area contributed by atoms with Gasteiger partial charge >= 0.3 is 0 Å². The van der Waals surface area contributed by atoms with Crippen LogP contribution < -0.4 is 10.1 Å². The van der Waals surface area contributed by atoms with E-state index in [-0.39, 0.29) is 17.4 Å². The Bertz CT molecular complexity index is 898. The van der Waals surface area contributed by atoms with E-state index in [0.29, 0.717) is 17.0 Å². The average molecular weight is 351 g/mol. The van der Waals surface area contributed by atoms with Gasteiger partial charge in [-0.2, -0.15) is 5.26 Å². The predicted octanol–water partition coefficient (Wildman–Crippen LogP) is 3.93. The zero-order valence-electron chi connectivity index (χ0n) is 14.3. The lowest BCUT2D eigenvalue weighted by Gasteiger charge is -2.11. The highest BCUT2D eigenvalue weighted by molar-refractivity contribution is 6.09. The van der Waals surface area contributed by atoms with Crippen molar-refractivity contribution in [3.8, 4) is 11.8 Å². The fraction of sp³-hybridized carbons (Fsp3) is 0.158. The van der Waals surface area contributed by atoms with E-state index < -0.39 is 10.8 Å². The number of benzene rings is 2. The third-order valence-electron chi connectivity index (χ3n) is 3.22. The van der Waals surface area contributed by atoms with Crippen molar-refractivity contribution in [1.82, 2.24) is 0 Å². The number of hydrogen-bond acceptors (Lipinski definition) is 5. The number of nitrogens with zero attached hydrogens (tertiary/aromatic N) is 2. The van der Waals surface area contributed by atoms with Crippen LogP contribution in [-0.4, -0.2) is 16.9 Å². The minimum atomic E-state index is -0.610. The second-order valence-electron chi connectivity index (χ2n) is 5.67. The normalized spacial score (nSPS) is 10.9. The van der Waals surface area contributed by atoms with Crippen molar-refractivity contribution in [3.63, 3.8) is 0 Å². The second kappa shape index (κ2) is 8.44. The van der Waals surface area contributed by atoms with E-state index in [0.717, 1.165) is 0 Å². The Labute approximate surface area is 150 Å². The molecule has 26 heavy (non-hydrogen) atoms. The van der Waals surface area contributed by atoms with E-state index in [1.54, 1.807) is 30.3 Å². The maximum atomic E-state index is 12.3. The minimum absolute atomic E-state index is 0.00983. The third-order valence-corrected chi connectivity index (χ3v) is 3.22. The molecule has 0 aliphatic rings. The molecular formula is C19H17N3O4. The lowest BCUT2D eigenvalue weighted by Crippen LogP contribution is -2.13. The van der Waals surface area contributed by atoms with E-state index in [2.05, 4.69) is 5.32 Å². The van der Waals surface area contributed by atoms with Crippen LogP contribution in [0.25, 0.3) is 6.08 Å². The number of carbonyl (C=O) groups excluding carboxylic acids is 1. The van der Waals surface area contributed by atoms with Gasteiger partial charge < -0.3 is 10.1 Å². The molecule has 1 N–H and O–H groups in total. The maximum absolute atomic E-state index is 12.3. The van der Waals surface area contributed by atoms with Crippen molar-refractivity contribution in [2.24, 2.45) is 0 Å². The molecule has 2 aromatic carbocycles. The monoisotopic (exact) mass is 351 g/mol. The van der Waals surface area contributed by atoms with Crippen molar-refractivity contribution < 1.29 is 14.5 Å². The van der Waals surface area contributed by atoms with Crippen LogP contribution >= 0.6 is 0 Å². The summed E-state index contributed by atoms with van der Waals surface area (Å²) in [5.41, 5.74) is 0.590. The van der Waals surface area contributed by atoms with Crippen LogP contribution in [-0.2, 0) is 4.79 Å². The summed E-state index contributed by atoms with van der Waals surface area (Å²) in [6.07, 6.45) is 1.29. The summed E-state index contributed by atoms with van der Waals surface area (Å²) in [5.74, 6) is -0.0142. The van der Waals surface area contributed by atoms with Crippen LogP contribution in [0.1, 0.15) is 19.4 Å². The van der Waals surface area contributed by atoms with E-state index in [1.807, 2.05) is 19.9 Å². The molecule has 0 aliphatic carbocycles. The number of nitrogens with one attached hydrogen (secondary N) is 1. The lowest BCUT2D eigenvalue weighted by atomic mass is 10.1. The van der Waals surface area contributed by atoms with E-state index in [9.17, 15) is 20.2 Å². The molecule has 7 nitrogen and oxygen atoms in total. The number of nitriles is 1. The molecule has 7 heteroatoms. The number of non-ortho nitro benzene ring substituents is 1. The first-order valence-electron chi connectivity index (χ1n) is 7.83. The number of nitro groups is 1.